The van der Waals surface area contributed by atoms with Gasteiger partial charge in [0.25, 0.3) is 0 Å². The second-order valence-electron chi connectivity index (χ2n) is 6.17. The predicted octanol–water partition coefficient (Wildman–Crippen LogP) is 2.55. The third-order valence-electron chi connectivity index (χ3n) is 4.26. The van der Waals surface area contributed by atoms with Crippen LogP contribution in [0.25, 0.3) is 0 Å². The first kappa shape index (κ1) is 20.5. The fourth-order valence-corrected chi connectivity index (χ4v) is 2.98. The lowest BCUT2D eigenvalue weighted by atomic mass is 9.81. The average molecular weight is 336 g/mol. The molecule has 136 valence electrons. The minimum atomic E-state index is -0.206. The number of rotatable bonds is 12. The number of nitrogens with one attached hydrogen (secondary N) is 1. The largest absolute Gasteiger partial charge is 0.490 e. The number of hydrogen-bond donors (Lipinski definition) is 2. The van der Waals surface area contributed by atoms with E-state index in [2.05, 4.69) is 18.5 Å². The number of hydrogen-bond acceptors (Lipinski definition) is 5. The Kier molecular flexibility index (Phi) is 10.9. The van der Waals surface area contributed by atoms with Crippen LogP contribution >= 0.6 is 0 Å². The van der Waals surface area contributed by atoms with E-state index in [-0.39, 0.29) is 12.6 Å². The summed E-state index contributed by atoms with van der Waals surface area (Å²) in [5, 5.41) is 3.36. The molecular weight excluding hydrogens is 304 g/mol. The van der Waals surface area contributed by atoms with Gasteiger partial charge in [0, 0.05) is 6.54 Å². The van der Waals surface area contributed by atoms with E-state index < -0.39 is 0 Å². The first-order chi connectivity index (χ1) is 11.7. The zero-order valence-corrected chi connectivity index (χ0v) is 14.7. The molecule has 2 unspecified atom stereocenters. The Morgan fingerprint density at radius 2 is 1.96 bits per heavy atom. The van der Waals surface area contributed by atoms with Gasteiger partial charge in [-0.05, 0) is 56.3 Å². The summed E-state index contributed by atoms with van der Waals surface area (Å²) in [5.74, 6) is 1.77. The quantitative estimate of drug-likeness (QED) is 0.248. The molecule has 0 amide bonds. The number of ether oxygens (including phenoxy) is 2. The van der Waals surface area contributed by atoms with Crippen molar-refractivity contribution in [2.45, 2.75) is 32.1 Å². The van der Waals surface area contributed by atoms with Crippen molar-refractivity contribution in [3.63, 3.8) is 0 Å². The lowest BCUT2D eigenvalue weighted by molar-refractivity contribution is -0.144. The van der Waals surface area contributed by atoms with Crippen molar-refractivity contribution >= 4 is 5.97 Å². The molecule has 3 N–H and O–H groups in total. The molecule has 0 saturated heterocycles. The molecule has 5 heteroatoms. The highest BCUT2D eigenvalue weighted by atomic mass is 16.6. The molecule has 0 heterocycles. The molecule has 1 aliphatic rings. The van der Waals surface area contributed by atoms with Crippen LogP contribution in [0.2, 0.25) is 0 Å². The predicted molar refractivity (Wildman–Crippen MR) is 97.4 cm³/mol. The minimum absolute atomic E-state index is 0.206. The Morgan fingerprint density at radius 1 is 1.21 bits per heavy atom. The summed E-state index contributed by atoms with van der Waals surface area (Å²) >= 11 is 0. The van der Waals surface area contributed by atoms with E-state index in [9.17, 15) is 4.79 Å². The standard InChI is InChI=1S/C19H32N2O3/c1-3-6-18(4-2)23-11-12-24-19(22)9-10-21-15-17-8-5-7-16(13-17)14-20/h3-4,6,16-17,21H,1-2,5,7-15,20H2/b18-6+. The van der Waals surface area contributed by atoms with Crippen LogP contribution in [0.15, 0.2) is 37.1 Å². The van der Waals surface area contributed by atoms with Crippen LogP contribution in [0.5, 0.6) is 0 Å². The molecule has 1 fully saturated rings. The summed E-state index contributed by atoms with van der Waals surface area (Å²) < 4.78 is 10.5. The summed E-state index contributed by atoms with van der Waals surface area (Å²) in [4.78, 5) is 11.6. The number of esters is 1. The Morgan fingerprint density at radius 3 is 2.67 bits per heavy atom. The van der Waals surface area contributed by atoms with Crippen LogP contribution < -0.4 is 11.1 Å². The number of carbonyl (C=O) groups excluding carboxylic acids is 1. The van der Waals surface area contributed by atoms with Crippen molar-refractivity contribution < 1.29 is 14.3 Å². The lowest BCUT2D eigenvalue weighted by Gasteiger charge is -2.28. The maximum atomic E-state index is 11.6. The minimum Gasteiger partial charge on any atom is -0.490 e. The van der Waals surface area contributed by atoms with Gasteiger partial charge in [0.1, 0.15) is 19.0 Å². The smallest absolute Gasteiger partial charge is 0.307 e. The van der Waals surface area contributed by atoms with Crippen molar-refractivity contribution in [2.24, 2.45) is 17.6 Å². The van der Waals surface area contributed by atoms with Gasteiger partial charge in [-0.2, -0.15) is 0 Å². The molecule has 24 heavy (non-hydrogen) atoms. The number of nitrogens with two attached hydrogens (primary N) is 1. The highest BCUT2D eigenvalue weighted by Gasteiger charge is 2.20. The summed E-state index contributed by atoms with van der Waals surface area (Å²) in [6.45, 7) is 10.2. The molecule has 5 nitrogen and oxygen atoms in total. The first-order valence-electron chi connectivity index (χ1n) is 8.84. The highest BCUT2D eigenvalue weighted by molar-refractivity contribution is 5.69. The molecule has 1 saturated carbocycles. The molecule has 0 aromatic carbocycles. The maximum absolute atomic E-state index is 11.6. The second-order valence-corrected chi connectivity index (χ2v) is 6.17. The lowest BCUT2D eigenvalue weighted by Crippen LogP contribution is -2.31. The third kappa shape index (κ3) is 8.89. The van der Waals surface area contributed by atoms with Crippen molar-refractivity contribution in [2.75, 3.05) is 32.8 Å². The van der Waals surface area contributed by atoms with Gasteiger partial charge >= 0.3 is 5.97 Å². The van der Waals surface area contributed by atoms with Crippen molar-refractivity contribution in [3.05, 3.63) is 37.1 Å². The van der Waals surface area contributed by atoms with Gasteiger partial charge in [0.15, 0.2) is 0 Å². The van der Waals surface area contributed by atoms with Gasteiger partial charge in [-0.25, -0.2) is 0 Å². The zero-order chi connectivity index (χ0) is 17.6. The fraction of sp³-hybridized carbons (Fsp3) is 0.632. The first-order valence-corrected chi connectivity index (χ1v) is 8.84. The summed E-state index contributed by atoms with van der Waals surface area (Å²) in [6, 6.07) is 0. The molecule has 0 radical (unpaired) electrons. The molecule has 0 aromatic rings. The molecular formula is C19H32N2O3. The van der Waals surface area contributed by atoms with Crippen LogP contribution in [-0.4, -0.2) is 38.8 Å². The van der Waals surface area contributed by atoms with Gasteiger partial charge in [0.05, 0.1) is 6.42 Å². The number of carbonyl (C=O) groups is 1. The Labute approximate surface area is 146 Å². The van der Waals surface area contributed by atoms with Gasteiger partial charge in [-0.3, -0.25) is 4.79 Å². The summed E-state index contributed by atoms with van der Waals surface area (Å²) in [6.07, 6.45) is 10.3. The van der Waals surface area contributed by atoms with Gasteiger partial charge in [-0.1, -0.05) is 25.7 Å². The Hall–Kier alpha value is -1.59. The molecule has 1 rings (SSSR count). The maximum Gasteiger partial charge on any atom is 0.307 e. The van der Waals surface area contributed by atoms with Crippen LogP contribution in [0, 0.1) is 11.8 Å². The van der Waals surface area contributed by atoms with Gasteiger partial charge in [-0.15, -0.1) is 0 Å². The van der Waals surface area contributed by atoms with Crippen molar-refractivity contribution in [3.8, 4) is 0 Å². The monoisotopic (exact) mass is 336 g/mol. The average Bonchev–Trinajstić information content (AvgIpc) is 2.61. The van der Waals surface area contributed by atoms with E-state index in [4.69, 9.17) is 15.2 Å². The Balaban J connectivity index is 2.02. The molecule has 2 atom stereocenters. The van der Waals surface area contributed by atoms with E-state index >= 15 is 0 Å². The van der Waals surface area contributed by atoms with E-state index in [1.165, 1.54) is 25.7 Å². The fourth-order valence-electron chi connectivity index (χ4n) is 2.98. The second kappa shape index (κ2) is 12.8. The van der Waals surface area contributed by atoms with Gasteiger partial charge < -0.3 is 20.5 Å². The molecule has 0 aromatic heterocycles. The Bertz CT molecular complexity index is 421. The van der Waals surface area contributed by atoms with E-state index in [1.54, 1.807) is 18.2 Å². The molecule has 1 aliphatic carbocycles. The number of allylic oxidation sites excluding steroid dienone is 3. The third-order valence-corrected chi connectivity index (χ3v) is 4.26. The van der Waals surface area contributed by atoms with Gasteiger partial charge in [0.2, 0.25) is 0 Å². The summed E-state index contributed by atoms with van der Waals surface area (Å²) in [7, 11) is 0. The van der Waals surface area contributed by atoms with Crippen LogP contribution in [0.1, 0.15) is 32.1 Å². The molecule has 0 spiro atoms. The molecule has 0 aliphatic heterocycles. The van der Waals surface area contributed by atoms with Crippen LogP contribution in [0.3, 0.4) is 0 Å². The van der Waals surface area contributed by atoms with E-state index in [0.717, 1.165) is 13.1 Å². The highest BCUT2D eigenvalue weighted by Crippen LogP contribution is 2.27. The van der Waals surface area contributed by atoms with Crippen molar-refractivity contribution in [1.82, 2.24) is 5.32 Å². The molecule has 0 bridgehead atoms. The van der Waals surface area contributed by atoms with Crippen LogP contribution in [0.4, 0.5) is 0 Å². The van der Waals surface area contributed by atoms with Crippen LogP contribution in [-0.2, 0) is 14.3 Å². The summed E-state index contributed by atoms with van der Waals surface area (Å²) in [5.41, 5.74) is 5.76. The topological polar surface area (TPSA) is 73.6 Å². The van der Waals surface area contributed by atoms with E-state index in [1.807, 2.05) is 0 Å². The normalized spacial score (nSPS) is 21.1. The van der Waals surface area contributed by atoms with E-state index in [0.29, 0.717) is 37.2 Å². The SMILES string of the molecule is C=C/C=C(\C=C)OCCOC(=O)CCNCC1CCCC(CN)C1. The van der Waals surface area contributed by atoms with Crippen molar-refractivity contribution in [1.29, 1.82) is 0 Å². The zero-order valence-electron chi connectivity index (χ0n) is 14.7.